The maximum absolute atomic E-state index is 13.2. The van der Waals surface area contributed by atoms with E-state index < -0.39 is 41.4 Å². The number of benzene rings is 2. The van der Waals surface area contributed by atoms with Crippen molar-refractivity contribution in [1.82, 2.24) is 5.32 Å². The molecule has 2 aromatic rings. The summed E-state index contributed by atoms with van der Waals surface area (Å²) in [7, 11) is 0. The summed E-state index contributed by atoms with van der Waals surface area (Å²) in [5, 5.41) is 12.1. The second-order valence-electron chi connectivity index (χ2n) is 5.21. The standard InChI is InChI=1S/C17H14ClF2NO4/c1-9(10-2-4-12(18)5-3-10)21-15(22)8-25-17(24)11-6-13(19)16(23)14(20)7-11/h2-7,9,23H,8H2,1H3,(H,21,22)/t9-/m1/s1. The fraction of sp³-hybridized carbons (Fsp3) is 0.176. The quantitative estimate of drug-likeness (QED) is 0.792. The molecular weight excluding hydrogens is 356 g/mol. The van der Waals surface area contributed by atoms with Gasteiger partial charge in [0.15, 0.2) is 24.0 Å². The van der Waals surface area contributed by atoms with Crippen LogP contribution in [0.1, 0.15) is 28.9 Å². The number of phenolic OH excluding ortho intramolecular Hbond substituents is 1. The largest absolute Gasteiger partial charge is 0.503 e. The van der Waals surface area contributed by atoms with E-state index in [2.05, 4.69) is 5.32 Å². The Morgan fingerprint density at radius 2 is 1.76 bits per heavy atom. The fourth-order valence-electron chi connectivity index (χ4n) is 2.02. The van der Waals surface area contributed by atoms with Crippen LogP contribution >= 0.6 is 11.6 Å². The maximum Gasteiger partial charge on any atom is 0.338 e. The van der Waals surface area contributed by atoms with Crippen molar-refractivity contribution in [2.75, 3.05) is 6.61 Å². The molecule has 0 spiro atoms. The number of nitrogens with one attached hydrogen (secondary N) is 1. The lowest BCUT2D eigenvalue weighted by molar-refractivity contribution is -0.124. The number of esters is 1. The van der Waals surface area contributed by atoms with Crippen molar-refractivity contribution in [3.63, 3.8) is 0 Å². The molecule has 8 heteroatoms. The van der Waals surface area contributed by atoms with Gasteiger partial charge in [-0.15, -0.1) is 0 Å². The zero-order valence-corrected chi connectivity index (χ0v) is 13.8. The van der Waals surface area contributed by atoms with Gasteiger partial charge in [-0.1, -0.05) is 23.7 Å². The van der Waals surface area contributed by atoms with Crippen LogP contribution in [0.15, 0.2) is 36.4 Å². The molecule has 2 aromatic carbocycles. The van der Waals surface area contributed by atoms with Gasteiger partial charge in [0.25, 0.3) is 5.91 Å². The fourth-order valence-corrected chi connectivity index (χ4v) is 2.14. The van der Waals surface area contributed by atoms with Gasteiger partial charge in [0.1, 0.15) is 0 Å². The molecule has 1 amide bonds. The number of hydrogen-bond donors (Lipinski definition) is 2. The molecule has 0 unspecified atom stereocenters. The summed E-state index contributed by atoms with van der Waals surface area (Å²) in [6.07, 6.45) is 0. The van der Waals surface area contributed by atoms with Gasteiger partial charge in [0.05, 0.1) is 11.6 Å². The summed E-state index contributed by atoms with van der Waals surface area (Å²) in [5.74, 6) is -5.46. The van der Waals surface area contributed by atoms with Crippen LogP contribution in [0.5, 0.6) is 5.75 Å². The third-order valence-electron chi connectivity index (χ3n) is 3.33. The van der Waals surface area contributed by atoms with Crippen LogP contribution in [0.3, 0.4) is 0 Å². The van der Waals surface area contributed by atoms with Crippen molar-refractivity contribution in [2.24, 2.45) is 0 Å². The highest BCUT2D eigenvalue weighted by Crippen LogP contribution is 2.22. The van der Waals surface area contributed by atoms with Crippen LogP contribution < -0.4 is 5.32 Å². The van der Waals surface area contributed by atoms with Gasteiger partial charge >= 0.3 is 5.97 Å². The lowest BCUT2D eigenvalue weighted by Crippen LogP contribution is -2.31. The number of carbonyl (C=O) groups excluding carboxylic acids is 2. The third kappa shape index (κ3) is 4.90. The first-order valence-electron chi connectivity index (χ1n) is 7.18. The molecule has 0 aliphatic heterocycles. The SMILES string of the molecule is C[C@@H](NC(=O)COC(=O)c1cc(F)c(O)c(F)c1)c1ccc(Cl)cc1. The Bertz CT molecular complexity index is 773. The smallest absolute Gasteiger partial charge is 0.338 e. The molecule has 0 bridgehead atoms. The van der Waals surface area contributed by atoms with Gasteiger partial charge in [0, 0.05) is 5.02 Å². The Morgan fingerprint density at radius 3 is 2.32 bits per heavy atom. The molecule has 0 saturated carbocycles. The number of ether oxygens (including phenoxy) is 1. The predicted octanol–water partition coefficient (Wildman–Crippen LogP) is 3.36. The monoisotopic (exact) mass is 369 g/mol. The Hall–Kier alpha value is -2.67. The van der Waals surface area contributed by atoms with Gasteiger partial charge in [-0.25, -0.2) is 13.6 Å². The highest BCUT2D eigenvalue weighted by atomic mass is 35.5. The van der Waals surface area contributed by atoms with Crippen LogP contribution in [0.4, 0.5) is 8.78 Å². The predicted molar refractivity (Wildman–Crippen MR) is 86.3 cm³/mol. The van der Waals surface area contributed by atoms with Gasteiger partial charge in [-0.3, -0.25) is 4.79 Å². The molecule has 132 valence electrons. The Kier molecular flexibility index (Phi) is 5.93. The number of hydrogen-bond acceptors (Lipinski definition) is 4. The number of carbonyl (C=O) groups is 2. The Morgan fingerprint density at radius 1 is 1.20 bits per heavy atom. The molecule has 2 N–H and O–H groups in total. The lowest BCUT2D eigenvalue weighted by atomic mass is 10.1. The molecule has 0 aliphatic rings. The van der Waals surface area contributed by atoms with Gasteiger partial charge < -0.3 is 15.2 Å². The average Bonchev–Trinajstić information content (AvgIpc) is 2.57. The van der Waals surface area contributed by atoms with E-state index in [9.17, 15) is 18.4 Å². The molecular formula is C17H14ClF2NO4. The van der Waals surface area contributed by atoms with Gasteiger partial charge in [-0.2, -0.15) is 0 Å². The number of phenols is 1. The number of amides is 1. The summed E-state index contributed by atoms with van der Waals surface area (Å²) in [5.41, 5.74) is 0.345. The van der Waals surface area contributed by atoms with Crippen molar-refractivity contribution < 1.29 is 28.2 Å². The van der Waals surface area contributed by atoms with E-state index in [0.29, 0.717) is 17.2 Å². The molecule has 0 aromatic heterocycles. The molecule has 2 rings (SSSR count). The van der Waals surface area contributed by atoms with E-state index in [1.807, 2.05) is 0 Å². The number of rotatable bonds is 5. The van der Waals surface area contributed by atoms with E-state index in [1.54, 1.807) is 31.2 Å². The highest BCUT2D eigenvalue weighted by Gasteiger charge is 2.17. The Labute approximate surface area is 147 Å². The van der Waals surface area contributed by atoms with Gasteiger partial charge in [-0.05, 0) is 36.8 Å². The van der Waals surface area contributed by atoms with E-state index in [0.717, 1.165) is 5.56 Å². The maximum atomic E-state index is 13.2. The minimum Gasteiger partial charge on any atom is -0.503 e. The average molecular weight is 370 g/mol. The van der Waals surface area contributed by atoms with E-state index >= 15 is 0 Å². The highest BCUT2D eigenvalue weighted by molar-refractivity contribution is 6.30. The molecule has 0 radical (unpaired) electrons. The number of aromatic hydroxyl groups is 1. The molecule has 25 heavy (non-hydrogen) atoms. The normalized spacial score (nSPS) is 11.7. The van der Waals surface area contributed by atoms with Crippen LogP contribution in [0.25, 0.3) is 0 Å². The second kappa shape index (κ2) is 7.94. The van der Waals surface area contributed by atoms with Crippen molar-refractivity contribution in [2.45, 2.75) is 13.0 Å². The first-order chi connectivity index (χ1) is 11.8. The zero-order valence-electron chi connectivity index (χ0n) is 13.1. The topological polar surface area (TPSA) is 75.6 Å². The summed E-state index contributed by atoms with van der Waals surface area (Å²) in [4.78, 5) is 23.5. The molecule has 1 atom stereocenters. The minimum atomic E-state index is -1.30. The van der Waals surface area contributed by atoms with Crippen molar-refractivity contribution in [3.05, 3.63) is 64.2 Å². The second-order valence-corrected chi connectivity index (χ2v) is 5.64. The zero-order chi connectivity index (χ0) is 18.6. The summed E-state index contributed by atoms with van der Waals surface area (Å²) in [6.45, 7) is 1.11. The Balaban J connectivity index is 1.91. The number of halogens is 3. The van der Waals surface area contributed by atoms with E-state index in [1.165, 1.54) is 0 Å². The van der Waals surface area contributed by atoms with E-state index in [-0.39, 0.29) is 6.04 Å². The first kappa shape index (κ1) is 18.7. The van der Waals surface area contributed by atoms with Crippen molar-refractivity contribution in [3.8, 4) is 5.75 Å². The summed E-state index contributed by atoms with van der Waals surface area (Å²) in [6, 6.07) is 7.71. The van der Waals surface area contributed by atoms with Crippen LogP contribution in [-0.2, 0) is 9.53 Å². The van der Waals surface area contributed by atoms with Crippen LogP contribution in [0.2, 0.25) is 5.02 Å². The minimum absolute atomic E-state index is 0.355. The molecule has 0 fully saturated rings. The summed E-state index contributed by atoms with van der Waals surface area (Å²) >= 11 is 5.78. The van der Waals surface area contributed by atoms with E-state index in [4.69, 9.17) is 21.4 Å². The van der Waals surface area contributed by atoms with Crippen LogP contribution in [0, 0.1) is 11.6 Å². The lowest BCUT2D eigenvalue weighted by Gasteiger charge is -2.14. The van der Waals surface area contributed by atoms with Crippen LogP contribution in [-0.4, -0.2) is 23.6 Å². The molecule has 0 saturated heterocycles. The molecule has 0 heterocycles. The third-order valence-corrected chi connectivity index (χ3v) is 3.59. The van der Waals surface area contributed by atoms with Crippen molar-refractivity contribution in [1.29, 1.82) is 0 Å². The van der Waals surface area contributed by atoms with Crippen molar-refractivity contribution >= 4 is 23.5 Å². The molecule has 5 nitrogen and oxygen atoms in total. The first-order valence-corrected chi connectivity index (χ1v) is 7.55. The van der Waals surface area contributed by atoms with Gasteiger partial charge in [0.2, 0.25) is 0 Å². The molecule has 0 aliphatic carbocycles. The summed E-state index contributed by atoms with van der Waals surface area (Å²) < 4.78 is 31.1.